The van der Waals surface area contributed by atoms with E-state index in [0.717, 1.165) is 25.2 Å². The van der Waals surface area contributed by atoms with Crippen LogP contribution in [0.3, 0.4) is 0 Å². The summed E-state index contributed by atoms with van der Waals surface area (Å²) in [6, 6.07) is 4.80. The predicted octanol–water partition coefficient (Wildman–Crippen LogP) is 4.74. The lowest BCUT2D eigenvalue weighted by molar-refractivity contribution is 0.303. The van der Waals surface area contributed by atoms with E-state index in [-0.39, 0.29) is 11.2 Å². The van der Waals surface area contributed by atoms with Crippen LogP contribution in [0, 0.1) is 17.2 Å². The normalized spacial score (nSPS) is 23.8. The van der Waals surface area contributed by atoms with Crippen molar-refractivity contribution in [3.63, 3.8) is 0 Å². The lowest BCUT2D eigenvalue weighted by Gasteiger charge is -2.31. The van der Waals surface area contributed by atoms with Gasteiger partial charge >= 0.3 is 0 Å². The summed E-state index contributed by atoms with van der Waals surface area (Å²) in [5.41, 5.74) is 1.16. The molecule has 1 heterocycles. The number of hydrogen-bond donors (Lipinski definition) is 0. The predicted molar refractivity (Wildman–Crippen MR) is 75.8 cm³/mol. The monoisotopic (exact) mass is 269 g/mol. The molecule has 2 rings (SSSR count). The van der Waals surface area contributed by atoms with Crippen molar-refractivity contribution >= 4 is 17.3 Å². The minimum absolute atomic E-state index is 0.257. The zero-order chi connectivity index (χ0) is 13.3. The minimum atomic E-state index is -0.257. The van der Waals surface area contributed by atoms with Gasteiger partial charge < -0.3 is 4.90 Å². The van der Waals surface area contributed by atoms with E-state index in [1.54, 1.807) is 6.07 Å². The molecule has 1 aromatic carbocycles. The number of anilines is 1. The molecule has 1 saturated heterocycles. The van der Waals surface area contributed by atoms with Gasteiger partial charge in [-0.3, -0.25) is 0 Å². The van der Waals surface area contributed by atoms with E-state index < -0.39 is 0 Å². The van der Waals surface area contributed by atoms with E-state index in [0.29, 0.717) is 10.9 Å². The SMILES string of the molecule is CC1CCN(c2cc(F)cc(Cl)c2)CC(C)(C)C1. The van der Waals surface area contributed by atoms with Crippen LogP contribution in [0.15, 0.2) is 18.2 Å². The third-order valence-electron chi connectivity index (χ3n) is 3.62. The zero-order valence-corrected chi connectivity index (χ0v) is 12.1. The fraction of sp³-hybridized carbons (Fsp3) is 0.600. The Morgan fingerprint density at radius 1 is 1.33 bits per heavy atom. The summed E-state index contributed by atoms with van der Waals surface area (Å²) in [7, 11) is 0. The van der Waals surface area contributed by atoms with Gasteiger partial charge in [-0.05, 0) is 42.4 Å². The van der Waals surface area contributed by atoms with Crippen LogP contribution in [0.25, 0.3) is 0 Å². The van der Waals surface area contributed by atoms with Crippen molar-refractivity contribution < 1.29 is 4.39 Å². The molecule has 0 aliphatic carbocycles. The molecule has 1 aromatic rings. The highest BCUT2D eigenvalue weighted by molar-refractivity contribution is 6.30. The third-order valence-corrected chi connectivity index (χ3v) is 3.84. The Morgan fingerprint density at radius 2 is 2.06 bits per heavy atom. The first-order valence-electron chi connectivity index (χ1n) is 6.57. The average Bonchev–Trinajstić information content (AvgIpc) is 2.34. The molecule has 0 aromatic heterocycles. The van der Waals surface area contributed by atoms with E-state index in [4.69, 9.17) is 11.6 Å². The Morgan fingerprint density at radius 3 is 2.72 bits per heavy atom. The lowest BCUT2D eigenvalue weighted by Crippen LogP contribution is -2.32. The Kier molecular flexibility index (Phi) is 3.86. The topological polar surface area (TPSA) is 3.24 Å². The van der Waals surface area contributed by atoms with Gasteiger partial charge in [-0.1, -0.05) is 32.4 Å². The summed E-state index contributed by atoms with van der Waals surface area (Å²) >= 11 is 5.94. The van der Waals surface area contributed by atoms with Crippen LogP contribution >= 0.6 is 11.6 Å². The molecule has 18 heavy (non-hydrogen) atoms. The van der Waals surface area contributed by atoms with Crippen molar-refractivity contribution in [2.24, 2.45) is 11.3 Å². The number of hydrogen-bond acceptors (Lipinski definition) is 1. The molecule has 1 aliphatic heterocycles. The fourth-order valence-corrected chi connectivity index (χ4v) is 3.24. The van der Waals surface area contributed by atoms with Crippen molar-refractivity contribution in [1.29, 1.82) is 0 Å². The van der Waals surface area contributed by atoms with Gasteiger partial charge in [-0.15, -0.1) is 0 Å². The quantitative estimate of drug-likeness (QED) is 0.712. The van der Waals surface area contributed by atoms with E-state index >= 15 is 0 Å². The van der Waals surface area contributed by atoms with Gasteiger partial charge in [0, 0.05) is 23.8 Å². The van der Waals surface area contributed by atoms with E-state index in [1.165, 1.54) is 12.5 Å². The molecule has 100 valence electrons. The average molecular weight is 270 g/mol. The van der Waals surface area contributed by atoms with Crippen LogP contribution in [0.4, 0.5) is 10.1 Å². The van der Waals surface area contributed by atoms with E-state index in [9.17, 15) is 4.39 Å². The molecule has 0 saturated carbocycles. The highest BCUT2D eigenvalue weighted by atomic mass is 35.5. The summed E-state index contributed by atoms with van der Waals surface area (Å²) in [5.74, 6) is 0.460. The summed E-state index contributed by atoms with van der Waals surface area (Å²) in [6.45, 7) is 8.79. The molecule has 0 bridgehead atoms. The first-order valence-corrected chi connectivity index (χ1v) is 6.94. The van der Waals surface area contributed by atoms with Crippen LogP contribution in [0.5, 0.6) is 0 Å². The molecule has 0 amide bonds. The first kappa shape index (κ1) is 13.7. The first-order chi connectivity index (χ1) is 8.35. The summed E-state index contributed by atoms with van der Waals surface area (Å²) < 4.78 is 13.4. The van der Waals surface area contributed by atoms with Gasteiger partial charge in [-0.25, -0.2) is 4.39 Å². The van der Waals surface area contributed by atoms with Crippen LogP contribution in [0.1, 0.15) is 33.6 Å². The Balaban J connectivity index is 2.26. The Bertz CT molecular complexity index is 410. The summed E-state index contributed by atoms with van der Waals surface area (Å²) in [4.78, 5) is 2.26. The van der Waals surface area contributed by atoms with Crippen LogP contribution < -0.4 is 4.90 Å². The van der Waals surface area contributed by atoms with Crippen LogP contribution in [0.2, 0.25) is 5.02 Å². The smallest absolute Gasteiger partial charge is 0.126 e. The largest absolute Gasteiger partial charge is 0.371 e. The molecule has 1 fully saturated rings. The maximum absolute atomic E-state index is 13.4. The van der Waals surface area contributed by atoms with Gasteiger partial charge in [0.15, 0.2) is 0 Å². The summed E-state index contributed by atoms with van der Waals surface area (Å²) in [6.07, 6.45) is 2.37. The third kappa shape index (κ3) is 3.38. The van der Waals surface area contributed by atoms with Gasteiger partial charge in [0.2, 0.25) is 0 Å². The number of nitrogens with zero attached hydrogens (tertiary/aromatic N) is 1. The number of halogens is 2. The second kappa shape index (κ2) is 5.08. The molecule has 0 N–H and O–H groups in total. The van der Waals surface area contributed by atoms with Crippen molar-refractivity contribution in [3.8, 4) is 0 Å². The van der Waals surface area contributed by atoms with Gasteiger partial charge in [0.05, 0.1) is 0 Å². The molecular weight excluding hydrogens is 249 g/mol. The maximum Gasteiger partial charge on any atom is 0.126 e. The zero-order valence-electron chi connectivity index (χ0n) is 11.3. The minimum Gasteiger partial charge on any atom is -0.371 e. The molecule has 0 radical (unpaired) electrons. The molecule has 3 heteroatoms. The second-order valence-electron chi connectivity index (χ2n) is 6.31. The number of rotatable bonds is 1. The molecule has 0 spiro atoms. The molecular formula is C15H21ClFN. The molecule has 1 nitrogen and oxygen atoms in total. The highest BCUT2D eigenvalue weighted by Crippen LogP contribution is 2.34. The van der Waals surface area contributed by atoms with Crippen molar-refractivity contribution in [1.82, 2.24) is 0 Å². The van der Waals surface area contributed by atoms with E-state index in [2.05, 4.69) is 25.7 Å². The maximum atomic E-state index is 13.4. The van der Waals surface area contributed by atoms with Crippen LogP contribution in [-0.4, -0.2) is 13.1 Å². The van der Waals surface area contributed by atoms with Gasteiger partial charge in [0.1, 0.15) is 5.82 Å². The second-order valence-corrected chi connectivity index (χ2v) is 6.75. The fourth-order valence-electron chi connectivity index (χ4n) is 3.02. The van der Waals surface area contributed by atoms with Crippen molar-refractivity contribution in [2.75, 3.05) is 18.0 Å². The number of benzene rings is 1. The Labute approximate surface area is 114 Å². The highest BCUT2D eigenvalue weighted by Gasteiger charge is 2.28. The molecule has 1 atom stereocenters. The van der Waals surface area contributed by atoms with Crippen LogP contribution in [-0.2, 0) is 0 Å². The standard InChI is InChI=1S/C15H21ClFN/c1-11-4-5-18(10-15(2,3)9-11)14-7-12(16)6-13(17)8-14/h6-8,11H,4-5,9-10H2,1-3H3. The lowest BCUT2D eigenvalue weighted by atomic mass is 9.83. The van der Waals surface area contributed by atoms with E-state index in [1.807, 2.05) is 6.07 Å². The van der Waals surface area contributed by atoms with Gasteiger partial charge in [0.25, 0.3) is 0 Å². The van der Waals surface area contributed by atoms with Gasteiger partial charge in [-0.2, -0.15) is 0 Å². The Hall–Kier alpha value is -0.760. The summed E-state index contributed by atoms with van der Waals surface area (Å²) in [5, 5.41) is 0.472. The molecule has 1 unspecified atom stereocenters. The molecule has 1 aliphatic rings. The van der Waals surface area contributed by atoms with Crippen molar-refractivity contribution in [2.45, 2.75) is 33.6 Å². The van der Waals surface area contributed by atoms with Crippen molar-refractivity contribution in [3.05, 3.63) is 29.0 Å².